The van der Waals surface area contributed by atoms with E-state index in [4.69, 9.17) is 5.26 Å². The molecule has 1 aromatic heterocycles. The van der Waals surface area contributed by atoms with Gasteiger partial charge in [0, 0.05) is 24.6 Å². The van der Waals surface area contributed by atoms with Crippen LogP contribution in [0.15, 0.2) is 48.8 Å². The monoisotopic (exact) mass is 267 g/mol. The van der Waals surface area contributed by atoms with Crippen molar-refractivity contribution in [2.45, 2.75) is 6.42 Å². The van der Waals surface area contributed by atoms with Crippen LogP contribution in [0.4, 0.5) is 11.4 Å². The molecule has 100 valence electrons. The fourth-order valence-electron chi connectivity index (χ4n) is 1.95. The fraction of sp³-hybridized carbons (Fsp3) is 0.133. The van der Waals surface area contributed by atoms with Crippen LogP contribution in [-0.2, 0) is 0 Å². The molecule has 0 aliphatic rings. The highest BCUT2D eigenvalue weighted by Crippen LogP contribution is 2.28. The summed E-state index contributed by atoms with van der Waals surface area (Å²) in [7, 11) is 0. The Kier molecular flexibility index (Phi) is 4.30. The molecule has 1 aromatic carbocycles. The van der Waals surface area contributed by atoms with Gasteiger partial charge in [-0.15, -0.1) is 0 Å². The number of aromatic carboxylic acids is 1. The van der Waals surface area contributed by atoms with Gasteiger partial charge in [-0.1, -0.05) is 18.2 Å². The van der Waals surface area contributed by atoms with Crippen molar-refractivity contribution in [2.75, 3.05) is 11.4 Å². The number of rotatable bonds is 5. The summed E-state index contributed by atoms with van der Waals surface area (Å²) in [5, 5.41) is 18.0. The highest BCUT2D eigenvalue weighted by molar-refractivity contribution is 5.95. The Morgan fingerprint density at radius 2 is 2.05 bits per heavy atom. The summed E-state index contributed by atoms with van der Waals surface area (Å²) in [6.45, 7) is 0.421. The van der Waals surface area contributed by atoms with Crippen molar-refractivity contribution in [2.24, 2.45) is 0 Å². The summed E-state index contributed by atoms with van der Waals surface area (Å²) < 4.78 is 0. The van der Waals surface area contributed by atoms with Crippen molar-refractivity contribution >= 4 is 17.3 Å². The number of anilines is 2. The van der Waals surface area contributed by atoms with Crippen molar-refractivity contribution in [3.05, 3.63) is 54.4 Å². The van der Waals surface area contributed by atoms with Crippen LogP contribution in [0.2, 0.25) is 0 Å². The van der Waals surface area contributed by atoms with Crippen LogP contribution < -0.4 is 4.90 Å². The van der Waals surface area contributed by atoms with Gasteiger partial charge < -0.3 is 10.0 Å². The maximum Gasteiger partial charge on any atom is 0.339 e. The quantitative estimate of drug-likeness (QED) is 0.901. The van der Waals surface area contributed by atoms with Crippen molar-refractivity contribution in [3.63, 3.8) is 0 Å². The molecule has 2 aromatic rings. The van der Waals surface area contributed by atoms with Gasteiger partial charge in [-0.05, 0) is 18.2 Å². The number of benzene rings is 1. The Balaban J connectivity index is 2.47. The minimum atomic E-state index is -1.04. The number of para-hydroxylation sites is 1. The summed E-state index contributed by atoms with van der Waals surface area (Å²) in [6.07, 6.45) is 3.17. The maximum atomic E-state index is 11.3. The first-order valence-corrected chi connectivity index (χ1v) is 6.11. The average molecular weight is 267 g/mol. The van der Waals surface area contributed by atoms with E-state index in [2.05, 4.69) is 11.1 Å². The van der Waals surface area contributed by atoms with Gasteiger partial charge in [0.25, 0.3) is 0 Å². The molecule has 0 aliphatic heterocycles. The Hall–Kier alpha value is -2.87. The lowest BCUT2D eigenvalue weighted by Gasteiger charge is -2.25. The van der Waals surface area contributed by atoms with Gasteiger partial charge in [-0.25, -0.2) is 4.79 Å². The first kappa shape index (κ1) is 13.6. The van der Waals surface area contributed by atoms with E-state index in [1.807, 2.05) is 35.2 Å². The van der Waals surface area contributed by atoms with Crippen molar-refractivity contribution < 1.29 is 9.90 Å². The molecule has 20 heavy (non-hydrogen) atoms. The zero-order valence-corrected chi connectivity index (χ0v) is 10.7. The van der Waals surface area contributed by atoms with Gasteiger partial charge in [0.2, 0.25) is 0 Å². The van der Waals surface area contributed by atoms with Gasteiger partial charge in [0.15, 0.2) is 0 Å². The second-order valence-corrected chi connectivity index (χ2v) is 4.09. The standard InChI is InChI=1S/C15H13N3O2/c16-8-4-10-18(12-5-2-1-3-6-12)14-7-9-17-11-13(14)15(19)20/h1-3,5-7,9,11H,4,10H2,(H,19,20). The van der Waals surface area contributed by atoms with Gasteiger partial charge in [0.05, 0.1) is 18.2 Å². The molecule has 0 atom stereocenters. The van der Waals surface area contributed by atoms with Gasteiger partial charge >= 0.3 is 5.97 Å². The summed E-state index contributed by atoms with van der Waals surface area (Å²) in [5.74, 6) is -1.04. The van der Waals surface area contributed by atoms with E-state index in [0.717, 1.165) is 5.69 Å². The van der Waals surface area contributed by atoms with E-state index < -0.39 is 5.97 Å². The predicted molar refractivity (Wildman–Crippen MR) is 74.9 cm³/mol. The highest BCUT2D eigenvalue weighted by atomic mass is 16.4. The molecule has 0 saturated heterocycles. The van der Waals surface area contributed by atoms with Crippen molar-refractivity contribution in [3.8, 4) is 6.07 Å². The van der Waals surface area contributed by atoms with Gasteiger partial charge in [-0.3, -0.25) is 4.98 Å². The number of nitriles is 1. The Morgan fingerprint density at radius 3 is 2.70 bits per heavy atom. The number of hydrogen-bond donors (Lipinski definition) is 1. The van der Waals surface area contributed by atoms with Crippen LogP contribution in [-0.4, -0.2) is 22.6 Å². The molecule has 0 unspecified atom stereocenters. The maximum absolute atomic E-state index is 11.3. The molecule has 0 aliphatic carbocycles. The van der Waals surface area contributed by atoms with Crippen molar-refractivity contribution in [1.29, 1.82) is 5.26 Å². The number of hydrogen-bond acceptors (Lipinski definition) is 4. The van der Waals surface area contributed by atoms with E-state index in [-0.39, 0.29) is 5.56 Å². The van der Waals surface area contributed by atoms with E-state index in [1.165, 1.54) is 6.20 Å². The van der Waals surface area contributed by atoms with Crippen LogP contribution in [0.3, 0.4) is 0 Å². The average Bonchev–Trinajstić information content (AvgIpc) is 2.49. The van der Waals surface area contributed by atoms with Crippen LogP contribution in [0.1, 0.15) is 16.8 Å². The Labute approximate surface area is 116 Å². The lowest BCUT2D eigenvalue weighted by atomic mass is 10.1. The first-order valence-electron chi connectivity index (χ1n) is 6.11. The van der Waals surface area contributed by atoms with E-state index >= 15 is 0 Å². The molecule has 0 spiro atoms. The number of carboxylic acids is 1. The topological polar surface area (TPSA) is 77.2 Å². The third-order valence-corrected chi connectivity index (χ3v) is 2.83. The first-order chi connectivity index (χ1) is 9.74. The number of carboxylic acid groups (broad SMARTS) is 1. The molecule has 0 bridgehead atoms. The van der Waals surface area contributed by atoms with E-state index in [1.54, 1.807) is 12.3 Å². The molecule has 2 rings (SSSR count). The largest absolute Gasteiger partial charge is 0.478 e. The molecular formula is C15H13N3O2. The molecule has 0 amide bonds. The lowest BCUT2D eigenvalue weighted by molar-refractivity contribution is 0.0697. The molecule has 0 radical (unpaired) electrons. The fourth-order valence-corrected chi connectivity index (χ4v) is 1.95. The number of aromatic nitrogens is 1. The summed E-state index contributed by atoms with van der Waals surface area (Å²) in [6, 6.07) is 13.1. The zero-order valence-electron chi connectivity index (χ0n) is 10.7. The molecule has 5 heteroatoms. The summed E-state index contributed by atoms with van der Waals surface area (Å²) in [4.78, 5) is 17.0. The Morgan fingerprint density at radius 1 is 1.30 bits per heavy atom. The minimum Gasteiger partial charge on any atom is -0.478 e. The van der Waals surface area contributed by atoms with E-state index in [0.29, 0.717) is 18.7 Å². The third-order valence-electron chi connectivity index (χ3n) is 2.83. The Bertz CT molecular complexity index is 635. The third kappa shape index (κ3) is 2.93. The summed E-state index contributed by atoms with van der Waals surface area (Å²) >= 11 is 0. The summed E-state index contributed by atoms with van der Waals surface area (Å²) in [5.41, 5.74) is 1.50. The smallest absolute Gasteiger partial charge is 0.339 e. The van der Waals surface area contributed by atoms with Crippen LogP contribution >= 0.6 is 0 Å². The number of carbonyl (C=O) groups is 1. The predicted octanol–water partition coefficient (Wildman–Crippen LogP) is 2.83. The lowest BCUT2D eigenvalue weighted by Crippen LogP contribution is -2.21. The van der Waals surface area contributed by atoms with E-state index in [9.17, 15) is 9.90 Å². The number of nitrogens with zero attached hydrogens (tertiary/aromatic N) is 3. The molecule has 0 saturated carbocycles. The second kappa shape index (κ2) is 6.34. The van der Waals surface area contributed by atoms with Gasteiger partial charge in [0.1, 0.15) is 5.56 Å². The number of pyridine rings is 1. The minimum absolute atomic E-state index is 0.120. The second-order valence-electron chi connectivity index (χ2n) is 4.09. The molecule has 5 nitrogen and oxygen atoms in total. The molecule has 0 fully saturated rings. The van der Waals surface area contributed by atoms with Crippen LogP contribution in [0.25, 0.3) is 0 Å². The molecular weight excluding hydrogens is 254 g/mol. The normalized spacial score (nSPS) is 9.75. The SMILES string of the molecule is N#CCCN(c1ccccc1)c1ccncc1C(=O)O. The molecule has 1 N–H and O–H groups in total. The van der Waals surface area contributed by atoms with Crippen LogP contribution in [0.5, 0.6) is 0 Å². The highest BCUT2D eigenvalue weighted by Gasteiger charge is 2.17. The van der Waals surface area contributed by atoms with Gasteiger partial charge in [-0.2, -0.15) is 5.26 Å². The zero-order chi connectivity index (χ0) is 14.4. The molecule has 1 heterocycles. The van der Waals surface area contributed by atoms with Crippen molar-refractivity contribution in [1.82, 2.24) is 4.98 Å². The van der Waals surface area contributed by atoms with Crippen LogP contribution in [0, 0.1) is 11.3 Å².